The smallest absolute Gasteiger partial charge is 0.229 e. The van der Waals surface area contributed by atoms with Crippen LogP contribution in [-0.4, -0.2) is 49.1 Å². The third-order valence-corrected chi connectivity index (χ3v) is 3.27. The van der Waals surface area contributed by atoms with Crippen LogP contribution in [0.4, 0.5) is 0 Å². The molecule has 1 saturated heterocycles. The van der Waals surface area contributed by atoms with Crippen LogP contribution < -0.4 is 5.32 Å². The van der Waals surface area contributed by atoms with Crippen LogP contribution in [0.15, 0.2) is 24.4 Å². The van der Waals surface area contributed by atoms with Crippen molar-refractivity contribution in [2.45, 2.75) is 12.6 Å². The number of hydrogen-bond donors (Lipinski definition) is 1. The van der Waals surface area contributed by atoms with E-state index in [4.69, 9.17) is 4.74 Å². The standard InChI is InChI=1S/C13H19N3O2/c1-14-12-9-18-8-11(12)13(17)16(2)7-10-5-3-4-6-15-10/h3-6,11-12,14H,7-9H2,1-2H3. The summed E-state index contributed by atoms with van der Waals surface area (Å²) in [7, 11) is 3.67. The lowest BCUT2D eigenvalue weighted by Crippen LogP contribution is -2.43. The van der Waals surface area contributed by atoms with Crippen molar-refractivity contribution in [2.75, 3.05) is 27.3 Å². The summed E-state index contributed by atoms with van der Waals surface area (Å²) in [5.41, 5.74) is 0.897. The number of likely N-dealkylation sites (N-methyl/N-ethyl adjacent to an activating group) is 1. The van der Waals surface area contributed by atoms with Crippen LogP contribution in [0.5, 0.6) is 0 Å². The third kappa shape index (κ3) is 2.86. The molecule has 98 valence electrons. The van der Waals surface area contributed by atoms with E-state index in [1.54, 1.807) is 11.1 Å². The van der Waals surface area contributed by atoms with Crippen LogP contribution in [0, 0.1) is 5.92 Å². The summed E-state index contributed by atoms with van der Waals surface area (Å²) in [5.74, 6) is 0.0150. The van der Waals surface area contributed by atoms with Gasteiger partial charge in [0, 0.05) is 19.3 Å². The predicted octanol–water partition coefficient (Wildman–Crippen LogP) is 0.274. The fourth-order valence-corrected chi connectivity index (χ4v) is 2.18. The van der Waals surface area contributed by atoms with Crippen LogP contribution >= 0.6 is 0 Å². The van der Waals surface area contributed by atoms with Crippen LogP contribution in [-0.2, 0) is 16.1 Å². The van der Waals surface area contributed by atoms with Crippen molar-refractivity contribution in [3.63, 3.8) is 0 Å². The molecule has 1 aromatic rings. The monoisotopic (exact) mass is 249 g/mol. The number of hydrogen-bond acceptors (Lipinski definition) is 4. The zero-order valence-corrected chi connectivity index (χ0v) is 10.8. The highest BCUT2D eigenvalue weighted by atomic mass is 16.5. The van der Waals surface area contributed by atoms with Crippen molar-refractivity contribution in [2.24, 2.45) is 5.92 Å². The van der Waals surface area contributed by atoms with Gasteiger partial charge in [0.15, 0.2) is 0 Å². The van der Waals surface area contributed by atoms with Gasteiger partial charge in [-0.15, -0.1) is 0 Å². The van der Waals surface area contributed by atoms with Gasteiger partial charge in [-0.3, -0.25) is 9.78 Å². The molecule has 1 aromatic heterocycles. The number of carbonyl (C=O) groups is 1. The van der Waals surface area contributed by atoms with Gasteiger partial charge in [-0.25, -0.2) is 0 Å². The summed E-state index contributed by atoms with van der Waals surface area (Å²) in [4.78, 5) is 18.2. The molecule has 18 heavy (non-hydrogen) atoms. The highest BCUT2D eigenvalue weighted by molar-refractivity contribution is 5.79. The predicted molar refractivity (Wildman–Crippen MR) is 67.9 cm³/mol. The van der Waals surface area contributed by atoms with Crippen LogP contribution in [0.25, 0.3) is 0 Å². The van der Waals surface area contributed by atoms with Gasteiger partial charge in [-0.2, -0.15) is 0 Å². The van der Waals surface area contributed by atoms with Gasteiger partial charge in [0.05, 0.1) is 31.4 Å². The summed E-state index contributed by atoms with van der Waals surface area (Å²) >= 11 is 0. The number of nitrogens with one attached hydrogen (secondary N) is 1. The normalized spacial score (nSPS) is 23.0. The molecule has 5 heteroatoms. The molecule has 5 nitrogen and oxygen atoms in total. The molecule has 2 unspecified atom stereocenters. The van der Waals surface area contributed by atoms with E-state index < -0.39 is 0 Å². The Kier molecular flexibility index (Phi) is 4.28. The zero-order valence-electron chi connectivity index (χ0n) is 10.8. The lowest BCUT2D eigenvalue weighted by Gasteiger charge is -2.23. The number of pyridine rings is 1. The molecule has 1 amide bonds. The number of carbonyl (C=O) groups excluding carboxylic acids is 1. The maximum Gasteiger partial charge on any atom is 0.229 e. The highest BCUT2D eigenvalue weighted by Gasteiger charge is 2.34. The molecule has 1 aliphatic heterocycles. The molecule has 1 N–H and O–H groups in total. The molecule has 0 radical (unpaired) electrons. The molecule has 1 fully saturated rings. The Morgan fingerprint density at radius 1 is 1.56 bits per heavy atom. The minimum absolute atomic E-state index is 0.0938. The molecular formula is C13H19N3O2. The molecule has 2 rings (SSSR count). The molecule has 0 bridgehead atoms. The minimum Gasteiger partial charge on any atom is -0.379 e. The summed E-state index contributed by atoms with van der Waals surface area (Å²) in [6.45, 7) is 1.63. The molecule has 1 aliphatic rings. The van der Waals surface area contributed by atoms with Gasteiger partial charge in [-0.1, -0.05) is 6.07 Å². The van der Waals surface area contributed by atoms with Crippen molar-refractivity contribution in [1.29, 1.82) is 0 Å². The van der Waals surface area contributed by atoms with Gasteiger partial charge in [0.25, 0.3) is 0 Å². The number of ether oxygens (including phenoxy) is 1. The van der Waals surface area contributed by atoms with E-state index in [1.165, 1.54) is 0 Å². The van der Waals surface area contributed by atoms with E-state index >= 15 is 0 Å². The molecule has 0 spiro atoms. The Morgan fingerprint density at radius 2 is 2.39 bits per heavy atom. The van der Waals surface area contributed by atoms with E-state index in [0.29, 0.717) is 19.8 Å². The number of aromatic nitrogens is 1. The van der Waals surface area contributed by atoms with E-state index in [-0.39, 0.29) is 17.9 Å². The molecular weight excluding hydrogens is 230 g/mol. The summed E-state index contributed by atoms with van der Waals surface area (Å²) in [6, 6.07) is 5.83. The second kappa shape index (κ2) is 5.93. The SMILES string of the molecule is CNC1COCC1C(=O)N(C)Cc1ccccn1. The van der Waals surface area contributed by atoms with Crippen molar-refractivity contribution in [3.05, 3.63) is 30.1 Å². The van der Waals surface area contributed by atoms with Gasteiger partial charge in [0.1, 0.15) is 0 Å². The quantitative estimate of drug-likeness (QED) is 0.832. The maximum atomic E-state index is 12.3. The number of nitrogens with zero attached hydrogens (tertiary/aromatic N) is 2. The zero-order chi connectivity index (χ0) is 13.0. The van der Waals surface area contributed by atoms with Crippen LogP contribution in [0.3, 0.4) is 0 Å². The van der Waals surface area contributed by atoms with Crippen molar-refractivity contribution < 1.29 is 9.53 Å². The Hall–Kier alpha value is -1.46. The summed E-state index contributed by atoms with van der Waals surface area (Å²) in [6.07, 6.45) is 1.74. The number of amides is 1. The Balaban J connectivity index is 1.96. The molecule has 2 heterocycles. The van der Waals surface area contributed by atoms with Gasteiger partial charge in [0.2, 0.25) is 5.91 Å². The lowest BCUT2D eigenvalue weighted by atomic mass is 10.0. The van der Waals surface area contributed by atoms with Crippen molar-refractivity contribution in [1.82, 2.24) is 15.2 Å². The van der Waals surface area contributed by atoms with E-state index in [1.807, 2.05) is 32.3 Å². The fourth-order valence-electron chi connectivity index (χ4n) is 2.18. The van der Waals surface area contributed by atoms with Gasteiger partial charge in [-0.05, 0) is 19.2 Å². The third-order valence-electron chi connectivity index (χ3n) is 3.27. The average molecular weight is 249 g/mol. The second-order valence-electron chi connectivity index (χ2n) is 4.55. The minimum atomic E-state index is -0.0938. The van der Waals surface area contributed by atoms with Crippen molar-refractivity contribution >= 4 is 5.91 Å². The Bertz CT molecular complexity index is 396. The number of rotatable bonds is 4. The van der Waals surface area contributed by atoms with E-state index in [0.717, 1.165) is 5.69 Å². The first-order valence-corrected chi connectivity index (χ1v) is 6.12. The Labute approximate surface area is 107 Å². The Morgan fingerprint density at radius 3 is 3.06 bits per heavy atom. The second-order valence-corrected chi connectivity index (χ2v) is 4.55. The van der Waals surface area contributed by atoms with E-state index in [9.17, 15) is 4.79 Å². The van der Waals surface area contributed by atoms with Gasteiger partial charge < -0.3 is 15.0 Å². The highest BCUT2D eigenvalue weighted by Crippen LogP contribution is 2.16. The first kappa shape index (κ1) is 13.0. The first-order valence-electron chi connectivity index (χ1n) is 6.12. The average Bonchev–Trinajstić information content (AvgIpc) is 2.87. The molecule has 0 saturated carbocycles. The summed E-state index contributed by atoms with van der Waals surface area (Å²) < 4.78 is 5.36. The molecule has 2 atom stereocenters. The summed E-state index contributed by atoms with van der Waals surface area (Å²) in [5, 5.41) is 3.13. The van der Waals surface area contributed by atoms with E-state index in [2.05, 4.69) is 10.3 Å². The first-order chi connectivity index (χ1) is 8.72. The van der Waals surface area contributed by atoms with Crippen molar-refractivity contribution in [3.8, 4) is 0 Å². The molecule has 0 aliphatic carbocycles. The van der Waals surface area contributed by atoms with Gasteiger partial charge >= 0.3 is 0 Å². The van der Waals surface area contributed by atoms with Crippen LogP contribution in [0.2, 0.25) is 0 Å². The topological polar surface area (TPSA) is 54.5 Å². The molecule has 0 aromatic carbocycles. The fraction of sp³-hybridized carbons (Fsp3) is 0.538. The largest absolute Gasteiger partial charge is 0.379 e. The van der Waals surface area contributed by atoms with Crippen LogP contribution in [0.1, 0.15) is 5.69 Å². The lowest BCUT2D eigenvalue weighted by molar-refractivity contribution is -0.135. The maximum absolute atomic E-state index is 12.3.